The molecule has 0 spiro atoms. The van der Waals surface area contributed by atoms with E-state index in [1.54, 1.807) is 30.3 Å². The van der Waals surface area contributed by atoms with Gasteiger partial charge in [-0.25, -0.2) is 0 Å². The Kier molecular flexibility index (Phi) is 6.02. The second-order valence-corrected chi connectivity index (χ2v) is 9.14. The number of phenols is 1. The van der Waals surface area contributed by atoms with E-state index < -0.39 is 23.5 Å². The number of amides is 1. The van der Waals surface area contributed by atoms with Crippen molar-refractivity contribution in [2.45, 2.75) is 25.5 Å². The van der Waals surface area contributed by atoms with Crippen LogP contribution in [0.5, 0.6) is 11.5 Å². The molecule has 2 aromatic rings. The van der Waals surface area contributed by atoms with Crippen molar-refractivity contribution < 1.29 is 34.2 Å². The molecule has 2 unspecified atom stereocenters. The fourth-order valence-corrected chi connectivity index (χ4v) is 5.05. The van der Waals surface area contributed by atoms with E-state index in [-0.39, 0.29) is 17.4 Å². The molecule has 2 saturated heterocycles. The van der Waals surface area contributed by atoms with Gasteiger partial charge in [0.15, 0.2) is 0 Å². The molecule has 8 nitrogen and oxygen atoms in total. The molecule has 0 radical (unpaired) electrons. The van der Waals surface area contributed by atoms with E-state index in [2.05, 4.69) is 0 Å². The normalized spacial score (nSPS) is 24.3. The second-order valence-electron chi connectivity index (χ2n) is 9.14. The van der Waals surface area contributed by atoms with Crippen LogP contribution in [0.4, 0.5) is 0 Å². The number of nitrogens with one attached hydrogen (secondary N) is 1. The average molecular weight is 465 g/mol. The van der Waals surface area contributed by atoms with Gasteiger partial charge in [0.2, 0.25) is 5.78 Å². The lowest BCUT2D eigenvalue weighted by Crippen LogP contribution is -3.14. The van der Waals surface area contributed by atoms with Gasteiger partial charge in [0, 0.05) is 12.0 Å². The maximum atomic E-state index is 13.6. The summed E-state index contributed by atoms with van der Waals surface area (Å²) in [4.78, 5) is 29.0. The molecule has 3 heterocycles. The van der Waals surface area contributed by atoms with Gasteiger partial charge in [-0.3, -0.25) is 9.59 Å². The third-order valence-electron chi connectivity index (χ3n) is 6.78. The molecule has 0 aliphatic carbocycles. The maximum absolute atomic E-state index is 13.6. The number of likely N-dealkylation sites (tertiary alicyclic amines) is 1. The van der Waals surface area contributed by atoms with Crippen molar-refractivity contribution in [3.63, 3.8) is 0 Å². The Morgan fingerprint density at radius 3 is 2.74 bits per heavy atom. The predicted molar refractivity (Wildman–Crippen MR) is 121 cm³/mol. The number of rotatable bonds is 5. The molecule has 0 aromatic heterocycles. The SMILES string of the molecule is CC1Cc2cc(/C([O-])=C3\C(=O)C(=O)N(CC[NH+]4CCOCC4)C3c3cccc(O)c3)ccc2O1. The van der Waals surface area contributed by atoms with Gasteiger partial charge in [-0.2, -0.15) is 0 Å². The first-order valence-corrected chi connectivity index (χ1v) is 11.7. The highest BCUT2D eigenvalue weighted by atomic mass is 16.5. The van der Waals surface area contributed by atoms with Gasteiger partial charge < -0.3 is 29.5 Å². The average Bonchev–Trinajstić information content (AvgIpc) is 3.33. The number of hydrogen-bond donors (Lipinski definition) is 2. The van der Waals surface area contributed by atoms with Gasteiger partial charge in [-0.15, -0.1) is 0 Å². The minimum absolute atomic E-state index is 0.0125. The first kappa shape index (κ1) is 22.4. The molecule has 8 heteroatoms. The summed E-state index contributed by atoms with van der Waals surface area (Å²) in [7, 11) is 0. The summed E-state index contributed by atoms with van der Waals surface area (Å²) in [5, 5.41) is 23.7. The van der Waals surface area contributed by atoms with E-state index >= 15 is 0 Å². The van der Waals surface area contributed by atoms with E-state index in [0.717, 1.165) is 24.4 Å². The van der Waals surface area contributed by atoms with Gasteiger partial charge in [0.05, 0.1) is 32.3 Å². The molecule has 2 atom stereocenters. The van der Waals surface area contributed by atoms with E-state index in [1.807, 2.05) is 6.92 Å². The van der Waals surface area contributed by atoms with Crippen molar-refractivity contribution in [1.29, 1.82) is 0 Å². The van der Waals surface area contributed by atoms with E-state index in [1.165, 1.54) is 21.9 Å². The van der Waals surface area contributed by atoms with Crippen molar-refractivity contribution in [2.75, 3.05) is 39.4 Å². The fraction of sp³-hybridized carbons (Fsp3) is 0.385. The van der Waals surface area contributed by atoms with Crippen LogP contribution in [0.25, 0.3) is 5.76 Å². The molecule has 2 aromatic carbocycles. The number of morpholine rings is 1. The first-order chi connectivity index (χ1) is 16.4. The molecule has 1 amide bonds. The predicted octanol–water partition coefficient (Wildman–Crippen LogP) is -0.145. The van der Waals surface area contributed by atoms with Crippen LogP contribution in [0.3, 0.4) is 0 Å². The monoisotopic (exact) mass is 464 g/mol. The van der Waals surface area contributed by atoms with Crippen LogP contribution in [0.15, 0.2) is 48.0 Å². The Balaban J connectivity index is 1.53. The van der Waals surface area contributed by atoms with Gasteiger partial charge >= 0.3 is 0 Å². The smallest absolute Gasteiger partial charge is 0.295 e. The van der Waals surface area contributed by atoms with Crippen LogP contribution in [0.2, 0.25) is 0 Å². The molecular weight excluding hydrogens is 436 g/mol. The summed E-state index contributed by atoms with van der Waals surface area (Å²) in [5.41, 5.74) is 1.74. The Bertz CT molecular complexity index is 1150. The Morgan fingerprint density at radius 1 is 1.18 bits per heavy atom. The second kappa shape index (κ2) is 9.12. The molecule has 3 aliphatic rings. The zero-order valence-electron chi connectivity index (χ0n) is 19.1. The van der Waals surface area contributed by atoms with Gasteiger partial charge in [0.25, 0.3) is 5.91 Å². The lowest BCUT2D eigenvalue weighted by molar-refractivity contribution is -0.907. The zero-order chi connectivity index (χ0) is 23.8. The lowest BCUT2D eigenvalue weighted by Gasteiger charge is -2.30. The number of ether oxygens (including phenoxy) is 2. The number of quaternary nitrogens is 1. The highest BCUT2D eigenvalue weighted by Crippen LogP contribution is 2.40. The third-order valence-corrected chi connectivity index (χ3v) is 6.78. The van der Waals surface area contributed by atoms with E-state index in [4.69, 9.17) is 9.47 Å². The molecule has 3 aliphatic heterocycles. The van der Waals surface area contributed by atoms with Crippen LogP contribution in [0, 0.1) is 0 Å². The minimum Gasteiger partial charge on any atom is -0.872 e. The summed E-state index contributed by atoms with van der Waals surface area (Å²) in [6, 6.07) is 10.7. The van der Waals surface area contributed by atoms with Gasteiger partial charge in [-0.1, -0.05) is 24.0 Å². The Hall–Kier alpha value is -3.36. The lowest BCUT2D eigenvalue weighted by atomic mass is 9.94. The largest absolute Gasteiger partial charge is 0.872 e. The van der Waals surface area contributed by atoms with E-state index in [0.29, 0.717) is 43.9 Å². The Labute approximate surface area is 198 Å². The number of aromatic hydroxyl groups is 1. The van der Waals surface area contributed by atoms with E-state index in [9.17, 15) is 19.8 Å². The molecule has 178 valence electrons. The highest BCUT2D eigenvalue weighted by molar-refractivity contribution is 6.46. The number of nitrogens with zero attached hydrogens (tertiary/aromatic N) is 1. The Morgan fingerprint density at radius 2 is 1.97 bits per heavy atom. The first-order valence-electron chi connectivity index (χ1n) is 11.7. The maximum Gasteiger partial charge on any atom is 0.295 e. The summed E-state index contributed by atoms with van der Waals surface area (Å²) >= 11 is 0. The number of benzene rings is 2. The number of hydrogen-bond acceptors (Lipinski definition) is 6. The molecule has 2 N–H and O–H groups in total. The third kappa shape index (κ3) is 4.15. The van der Waals surface area contributed by atoms with Crippen LogP contribution in [-0.2, 0) is 20.7 Å². The highest BCUT2D eigenvalue weighted by Gasteiger charge is 2.44. The van der Waals surface area contributed by atoms with Crippen molar-refractivity contribution in [3.8, 4) is 11.5 Å². The number of carbonyl (C=O) groups is 2. The molecule has 2 fully saturated rings. The van der Waals surface area contributed by atoms with Crippen molar-refractivity contribution in [2.24, 2.45) is 0 Å². The number of fused-ring (bicyclic) bond motifs is 1. The van der Waals surface area contributed by atoms with Crippen molar-refractivity contribution in [3.05, 3.63) is 64.7 Å². The van der Waals surface area contributed by atoms with Crippen LogP contribution < -0.4 is 14.7 Å². The summed E-state index contributed by atoms with van der Waals surface area (Å²) < 4.78 is 11.1. The zero-order valence-corrected chi connectivity index (χ0v) is 19.1. The molecule has 0 saturated carbocycles. The van der Waals surface area contributed by atoms with Crippen molar-refractivity contribution >= 4 is 17.4 Å². The number of phenolic OH excluding ortho intramolecular Hbond substituents is 1. The molecular formula is C26H28N2O6. The summed E-state index contributed by atoms with van der Waals surface area (Å²) in [5.74, 6) is -1.17. The van der Waals surface area contributed by atoms with Crippen LogP contribution >= 0.6 is 0 Å². The molecule has 5 rings (SSSR count). The standard InChI is InChI=1S/C26H28N2O6/c1-16-13-19-14-18(5-6-21(19)34-16)24(30)22-23(17-3-2-4-20(29)15-17)28(26(32)25(22)31)8-7-27-9-11-33-12-10-27/h2-6,14-16,23,29-30H,7-13H2,1H3/b24-22+. The summed E-state index contributed by atoms with van der Waals surface area (Å²) in [6.45, 7) is 5.92. The number of Topliss-reactive ketones (excluding diaryl/α,β-unsaturated/α-hetero) is 1. The van der Waals surface area contributed by atoms with Gasteiger partial charge in [0.1, 0.15) is 30.7 Å². The summed E-state index contributed by atoms with van der Waals surface area (Å²) in [6.07, 6.45) is 0.712. The number of ketones is 1. The van der Waals surface area contributed by atoms with Crippen LogP contribution in [0.1, 0.15) is 29.7 Å². The quantitative estimate of drug-likeness (QED) is 0.363. The number of carbonyl (C=O) groups excluding carboxylic acids is 2. The van der Waals surface area contributed by atoms with Crippen molar-refractivity contribution in [1.82, 2.24) is 4.90 Å². The van der Waals surface area contributed by atoms with Gasteiger partial charge in [-0.05, 0) is 47.9 Å². The molecule has 34 heavy (non-hydrogen) atoms. The molecule has 0 bridgehead atoms. The fourth-order valence-electron chi connectivity index (χ4n) is 5.05. The topological polar surface area (TPSA) is 104 Å². The minimum atomic E-state index is -0.844. The van der Waals surface area contributed by atoms with Crippen LogP contribution in [-0.4, -0.2) is 67.2 Å².